The van der Waals surface area contributed by atoms with Crippen LogP contribution in [0.3, 0.4) is 0 Å². The molecule has 0 heterocycles. The minimum absolute atomic E-state index is 0.0702. The number of guanidine groups is 1. The van der Waals surface area contributed by atoms with E-state index < -0.39 is 60.2 Å². The number of aliphatic imine (C=N–C) groups is 1. The number of nitrogens with two attached hydrogens (primary N) is 4. The van der Waals surface area contributed by atoms with Crippen LogP contribution < -0.4 is 38.9 Å². The molecule has 0 radical (unpaired) electrons. The van der Waals surface area contributed by atoms with E-state index in [9.17, 15) is 29.1 Å². The summed E-state index contributed by atoms with van der Waals surface area (Å²) in [4.78, 5) is 64.9. The molecule has 0 aromatic heterocycles. The number of amides is 3. The highest BCUT2D eigenvalue weighted by Gasteiger charge is 2.30. The number of carboxylic acid groups (broad SMARTS) is 2. The van der Waals surface area contributed by atoms with Gasteiger partial charge >= 0.3 is 11.9 Å². The van der Waals surface area contributed by atoms with Crippen molar-refractivity contribution in [3.63, 3.8) is 0 Å². The molecule has 4 unspecified atom stereocenters. The van der Waals surface area contributed by atoms with E-state index in [1.165, 1.54) is 0 Å². The number of nitrogens with zero attached hydrogens (tertiary/aromatic N) is 1. The maximum atomic E-state index is 13.2. The summed E-state index contributed by atoms with van der Waals surface area (Å²) >= 11 is 0. The third kappa shape index (κ3) is 15.6. The zero-order valence-corrected chi connectivity index (χ0v) is 22.2. The van der Waals surface area contributed by atoms with Crippen molar-refractivity contribution in [3.05, 3.63) is 0 Å². The van der Waals surface area contributed by atoms with Gasteiger partial charge in [0, 0.05) is 13.0 Å². The van der Waals surface area contributed by atoms with Gasteiger partial charge < -0.3 is 49.1 Å². The van der Waals surface area contributed by atoms with E-state index in [-0.39, 0.29) is 37.7 Å². The number of hydrogen-bond acceptors (Lipinski definition) is 8. The Labute approximate surface area is 222 Å². The lowest BCUT2D eigenvalue weighted by Crippen LogP contribution is -2.57. The average molecular weight is 545 g/mol. The molecule has 15 heteroatoms. The molecule has 0 aromatic rings. The van der Waals surface area contributed by atoms with Crippen LogP contribution in [-0.4, -0.2) is 83.1 Å². The second kappa shape index (κ2) is 18.7. The molecule has 218 valence electrons. The molecule has 15 nitrogen and oxygen atoms in total. The summed E-state index contributed by atoms with van der Waals surface area (Å²) in [5, 5.41) is 25.7. The van der Waals surface area contributed by atoms with E-state index in [2.05, 4.69) is 20.9 Å². The minimum atomic E-state index is -1.45. The number of carbonyl (C=O) groups excluding carboxylic acids is 3. The summed E-state index contributed by atoms with van der Waals surface area (Å²) in [5.41, 5.74) is 22.1. The first-order valence-electron chi connectivity index (χ1n) is 12.6. The fourth-order valence-corrected chi connectivity index (χ4v) is 3.46. The number of aliphatic carboxylic acids is 2. The van der Waals surface area contributed by atoms with E-state index >= 15 is 0 Å². The van der Waals surface area contributed by atoms with Crippen LogP contribution in [0.25, 0.3) is 0 Å². The molecule has 38 heavy (non-hydrogen) atoms. The normalized spacial score (nSPS) is 14.0. The van der Waals surface area contributed by atoms with Gasteiger partial charge in [-0.2, -0.15) is 0 Å². The first kappa shape index (κ1) is 34.5. The zero-order valence-electron chi connectivity index (χ0n) is 22.2. The van der Waals surface area contributed by atoms with Crippen LogP contribution in [0.5, 0.6) is 0 Å². The molecule has 0 aromatic carbocycles. The van der Waals surface area contributed by atoms with Gasteiger partial charge in [-0.15, -0.1) is 0 Å². The van der Waals surface area contributed by atoms with Gasteiger partial charge in [0.1, 0.15) is 18.1 Å². The van der Waals surface area contributed by atoms with Crippen LogP contribution >= 0.6 is 0 Å². The maximum absolute atomic E-state index is 13.2. The van der Waals surface area contributed by atoms with Gasteiger partial charge in [0.15, 0.2) is 5.96 Å². The highest BCUT2D eigenvalue weighted by atomic mass is 16.4. The lowest BCUT2D eigenvalue weighted by molar-refractivity contribution is -0.143. The highest BCUT2D eigenvalue weighted by molar-refractivity contribution is 5.94. The average Bonchev–Trinajstić information content (AvgIpc) is 2.82. The van der Waals surface area contributed by atoms with Crippen LogP contribution in [0.4, 0.5) is 0 Å². The van der Waals surface area contributed by atoms with Crippen molar-refractivity contribution in [3.8, 4) is 0 Å². The van der Waals surface area contributed by atoms with Gasteiger partial charge in [-0.05, 0) is 51.0 Å². The van der Waals surface area contributed by atoms with Crippen molar-refractivity contribution >= 4 is 35.6 Å². The lowest BCUT2D eigenvalue weighted by Gasteiger charge is -2.26. The Bertz CT molecular complexity index is 818. The van der Waals surface area contributed by atoms with Gasteiger partial charge in [0.25, 0.3) is 0 Å². The van der Waals surface area contributed by atoms with Crippen molar-refractivity contribution in [1.29, 1.82) is 0 Å². The zero-order chi connectivity index (χ0) is 29.3. The predicted octanol–water partition coefficient (Wildman–Crippen LogP) is -2.05. The van der Waals surface area contributed by atoms with Gasteiger partial charge in [0.05, 0.1) is 6.04 Å². The number of nitrogens with one attached hydrogen (secondary N) is 3. The predicted molar refractivity (Wildman–Crippen MR) is 141 cm³/mol. The van der Waals surface area contributed by atoms with Crippen molar-refractivity contribution in [2.45, 2.75) is 89.4 Å². The molecular formula is C23H44N8O7. The molecule has 0 saturated carbocycles. The van der Waals surface area contributed by atoms with E-state index in [0.29, 0.717) is 32.2 Å². The summed E-state index contributed by atoms with van der Waals surface area (Å²) in [6.07, 6.45) is 1.53. The van der Waals surface area contributed by atoms with Gasteiger partial charge in [-0.1, -0.05) is 20.3 Å². The standard InChI is InChI=1S/C23H44N8O7/c1-13(2)12-17(21(36)30-16(22(37)38)8-9-18(32)33)31-20(35)15(7-5-11-28-23(26)27)29-19(34)14(25)6-3-4-10-24/h13-17H,3-12,24-25H2,1-2H3,(H,29,34)(H,30,36)(H,31,35)(H,32,33)(H,37,38)(H4,26,27,28). The van der Waals surface area contributed by atoms with Crippen LogP contribution in [0.15, 0.2) is 4.99 Å². The number of rotatable bonds is 20. The molecule has 0 saturated heterocycles. The molecule has 0 bridgehead atoms. The maximum Gasteiger partial charge on any atom is 0.326 e. The minimum Gasteiger partial charge on any atom is -0.481 e. The monoisotopic (exact) mass is 544 g/mol. The topological polar surface area (TPSA) is 278 Å². The summed E-state index contributed by atoms with van der Waals surface area (Å²) in [6, 6.07) is -4.52. The Morgan fingerprint density at radius 2 is 1.37 bits per heavy atom. The van der Waals surface area contributed by atoms with Crippen LogP contribution in [0, 0.1) is 5.92 Å². The van der Waals surface area contributed by atoms with Gasteiger partial charge in [-0.25, -0.2) is 4.79 Å². The molecule has 0 spiro atoms. The summed E-state index contributed by atoms with van der Waals surface area (Å²) < 4.78 is 0. The fraction of sp³-hybridized carbons (Fsp3) is 0.739. The third-order valence-electron chi connectivity index (χ3n) is 5.49. The number of carboxylic acids is 2. The Hall–Kier alpha value is -3.46. The van der Waals surface area contributed by atoms with Gasteiger partial charge in [-0.3, -0.25) is 24.2 Å². The molecule has 0 aliphatic rings. The molecule has 13 N–H and O–H groups in total. The van der Waals surface area contributed by atoms with Crippen LogP contribution in [-0.2, 0) is 24.0 Å². The molecule has 0 fully saturated rings. The molecular weight excluding hydrogens is 500 g/mol. The highest BCUT2D eigenvalue weighted by Crippen LogP contribution is 2.09. The summed E-state index contributed by atoms with van der Waals surface area (Å²) in [7, 11) is 0. The third-order valence-corrected chi connectivity index (χ3v) is 5.49. The van der Waals surface area contributed by atoms with Crippen molar-refractivity contribution in [2.24, 2.45) is 33.8 Å². The lowest BCUT2D eigenvalue weighted by atomic mass is 10.0. The van der Waals surface area contributed by atoms with E-state index in [4.69, 9.17) is 28.0 Å². The van der Waals surface area contributed by atoms with Gasteiger partial charge in [0.2, 0.25) is 17.7 Å². The second-order valence-corrected chi connectivity index (χ2v) is 9.42. The Morgan fingerprint density at radius 3 is 1.89 bits per heavy atom. The van der Waals surface area contributed by atoms with E-state index in [0.717, 1.165) is 0 Å². The van der Waals surface area contributed by atoms with Crippen LogP contribution in [0.2, 0.25) is 0 Å². The van der Waals surface area contributed by atoms with E-state index in [1.54, 1.807) is 13.8 Å². The fourth-order valence-electron chi connectivity index (χ4n) is 3.46. The summed E-state index contributed by atoms with van der Waals surface area (Å²) in [5.74, 6) is -4.81. The quantitative estimate of drug-likeness (QED) is 0.0456. The Morgan fingerprint density at radius 1 is 0.789 bits per heavy atom. The largest absolute Gasteiger partial charge is 0.481 e. The smallest absolute Gasteiger partial charge is 0.326 e. The van der Waals surface area contributed by atoms with Crippen molar-refractivity contribution in [2.75, 3.05) is 13.1 Å². The molecule has 3 amide bonds. The SMILES string of the molecule is CC(C)CC(NC(=O)C(CCCN=C(N)N)NC(=O)C(N)CCCCN)C(=O)NC(CCC(=O)O)C(=O)O. The number of unbranched alkanes of at least 4 members (excludes halogenated alkanes) is 1. The molecule has 4 atom stereocenters. The van der Waals surface area contributed by atoms with Crippen molar-refractivity contribution in [1.82, 2.24) is 16.0 Å². The summed E-state index contributed by atoms with van der Waals surface area (Å²) in [6.45, 7) is 4.27. The Balaban J connectivity index is 5.58. The Kier molecular flexibility index (Phi) is 17.0. The second-order valence-electron chi connectivity index (χ2n) is 9.42. The van der Waals surface area contributed by atoms with Crippen LogP contribution in [0.1, 0.15) is 65.2 Å². The first-order chi connectivity index (χ1) is 17.8. The van der Waals surface area contributed by atoms with E-state index in [1.807, 2.05) is 0 Å². The molecule has 0 aliphatic heterocycles. The number of carbonyl (C=O) groups is 5. The number of hydrogen-bond donors (Lipinski definition) is 9. The van der Waals surface area contributed by atoms with Crippen molar-refractivity contribution < 1.29 is 34.2 Å². The molecule has 0 aliphatic carbocycles. The molecule has 0 rings (SSSR count). The first-order valence-corrected chi connectivity index (χ1v) is 12.6.